The first-order valence-corrected chi connectivity index (χ1v) is 9.41. The molecule has 0 aromatic heterocycles. The van der Waals surface area contributed by atoms with Crippen molar-refractivity contribution in [1.29, 1.82) is 0 Å². The Bertz CT molecular complexity index is 588. The van der Waals surface area contributed by atoms with Crippen LogP contribution in [-0.2, 0) is 9.53 Å². The van der Waals surface area contributed by atoms with Gasteiger partial charge in [-0.05, 0) is 66.9 Å². The number of methoxy groups -OCH3 is 1. The molecule has 0 saturated heterocycles. The first kappa shape index (κ1) is 17.7. The molecule has 3 aliphatic rings. The molecule has 5 unspecified atom stereocenters. The van der Waals surface area contributed by atoms with Gasteiger partial charge in [-0.15, -0.1) is 0 Å². The van der Waals surface area contributed by atoms with Gasteiger partial charge in [0.25, 0.3) is 0 Å². The van der Waals surface area contributed by atoms with Crippen LogP contribution in [0, 0.1) is 28.6 Å². The molecule has 0 heterocycles. The van der Waals surface area contributed by atoms with Crippen molar-refractivity contribution in [2.24, 2.45) is 28.6 Å². The van der Waals surface area contributed by atoms with Crippen molar-refractivity contribution in [3.05, 3.63) is 23.3 Å². The fraction of sp³-hybridized carbons (Fsp3) is 0.762. The van der Waals surface area contributed by atoms with Gasteiger partial charge in [-0.1, -0.05) is 39.3 Å². The minimum Gasteiger partial charge on any atom is -0.481 e. The van der Waals surface area contributed by atoms with Crippen LogP contribution in [0.5, 0.6) is 0 Å². The van der Waals surface area contributed by atoms with E-state index in [1.165, 1.54) is 11.1 Å². The number of carboxylic acid groups (broad SMARTS) is 1. The summed E-state index contributed by atoms with van der Waals surface area (Å²) in [5, 5.41) is 9.90. The number of ether oxygens (including phenoxy) is 1. The SMILES string of the molecule is COC1CC2C(=CCC3C(C)(C(=O)O)CCCC23C)C=C1C(C)C. The predicted octanol–water partition coefficient (Wildman–Crippen LogP) is 4.83. The van der Waals surface area contributed by atoms with E-state index < -0.39 is 11.4 Å². The third kappa shape index (κ3) is 2.47. The Morgan fingerprint density at radius 2 is 2.04 bits per heavy atom. The zero-order valence-corrected chi connectivity index (χ0v) is 15.8. The Labute approximate surface area is 146 Å². The van der Waals surface area contributed by atoms with E-state index in [2.05, 4.69) is 32.9 Å². The third-order valence-corrected chi connectivity index (χ3v) is 7.36. The Morgan fingerprint density at radius 3 is 2.62 bits per heavy atom. The van der Waals surface area contributed by atoms with Gasteiger partial charge >= 0.3 is 5.97 Å². The fourth-order valence-corrected chi connectivity index (χ4v) is 5.86. The quantitative estimate of drug-likeness (QED) is 0.805. The molecule has 24 heavy (non-hydrogen) atoms. The van der Waals surface area contributed by atoms with E-state index in [1.54, 1.807) is 7.11 Å². The molecule has 0 bridgehead atoms. The van der Waals surface area contributed by atoms with Crippen LogP contribution in [0.2, 0.25) is 0 Å². The maximum Gasteiger partial charge on any atom is 0.309 e. The van der Waals surface area contributed by atoms with Crippen molar-refractivity contribution in [2.45, 2.75) is 65.9 Å². The van der Waals surface area contributed by atoms with Gasteiger partial charge in [0, 0.05) is 7.11 Å². The summed E-state index contributed by atoms with van der Waals surface area (Å²) in [4.78, 5) is 12.0. The molecule has 0 radical (unpaired) electrons. The highest BCUT2D eigenvalue weighted by atomic mass is 16.5. The van der Waals surface area contributed by atoms with Gasteiger partial charge in [0.1, 0.15) is 0 Å². The van der Waals surface area contributed by atoms with E-state index >= 15 is 0 Å². The highest BCUT2D eigenvalue weighted by Gasteiger charge is 2.57. The zero-order valence-electron chi connectivity index (χ0n) is 15.8. The summed E-state index contributed by atoms with van der Waals surface area (Å²) in [7, 11) is 1.81. The molecule has 3 heteroatoms. The molecule has 1 saturated carbocycles. The van der Waals surface area contributed by atoms with E-state index in [-0.39, 0.29) is 17.4 Å². The maximum absolute atomic E-state index is 12.0. The van der Waals surface area contributed by atoms with Gasteiger partial charge < -0.3 is 9.84 Å². The molecule has 134 valence electrons. The van der Waals surface area contributed by atoms with Gasteiger partial charge in [-0.2, -0.15) is 0 Å². The van der Waals surface area contributed by atoms with Crippen LogP contribution in [0.3, 0.4) is 0 Å². The van der Waals surface area contributed by atoms with E-state index in [9.17, 15) is 9.90 Å². The second-order valence-electron chi connectivity index (χ2n) is 8.89. The summed E-state index contributed by atoms with van der Waals surface area (Å²) >= 11 is 0. The van der Waals surface area contributed by atoms with Crippen LogP contribution in [0.25, 0.3) is 0 Å². The summed E-state index contributed by atoms with van der Waals surface area (Å²) in [6.07, 6.45) is 9.69. The van der Waals surface area contributed by atoms with Crippen LogP contribution in [0.1, 0.15) is 59.8 Å². The van der Waals surface area contributed by atoms with Crippen LogP contribution >= 0.6 is 0 Å². The average molecular weight is 332 g/mol. The van der Waals surface area contributed by atoms with E-state index in [0.29, 0.717) is 11.8 Å². The first-order valence-electron chi connectivity index (χ1n) is 9.41. The fourth-order valence-electron chi connectivity index (χ4n) is 5.86. The Kier molecular flexibility index (Phi) is 4.44. The summed E-state index contributed by atoms with van der Waals surface area (Å²) in [5.74, 6) is 0.505. The van der Waals surface area contributed by atoms with Crippen molar-refractivity contribution >= 4 is 5.97 Å². The lowest BCUT2D eigenvalue weighted by Crippen LogP contribution is -2.53. The summed E-state index contributed by atoms with van der Waals surface area (Å²) in [6.45, 7) is 8.78. The second kappa shape index (κ2) is 6.01. The zero-order chi connectivity index (χ0) is 17.7. The predicted molar refractivity (Wildman–Crippen MR) is 95.7 cm³/mol. The van der Waals surface area contributed by atoms with Gasteiger partial charge in [0.2, 0.25) is 0 Å². The van der Waals surface area contributed by atoms with E-state index in [0.717, 1.165) is 32.1 Å². The topological polar surface area (TPSA) is 46.5 Å². The molecule has 3 nitrogen and oxygen atoms in total. The molecule has 0 spiro atoms. The molecule has 0 amide bonds. The number of rotatable bonds is 3. The number of fused-ring (bicyclic) bond motifs is 3. The minimum absolute atomic E-state index is 0.0608. The lowest BCUT2D eigenvalue weighted by molar-refractivity contribution is -0.163. The first-order chi connectivity index (χ1) is 11.2. The van der Waals surface area contributed by atoms with Gasteiger partial charge in [-0.25, -0.2) is 0 Å². The Balaban J connectivity index is 2.04. The number of allylic oxidation sites excluding steroid dienone is 3. The van der Waals surface area contributed by atoms with Crippen molar-refractivity contribution in [2.75, 3.05) is 7.11 Å². The van der Waals surface area contributed by atoms with Crippen LogP contribution in [0.15, 0.2) is 23.3 Å². The second-order valence-corrected chi connectivity index (χ2v) is 8.89. The maximum atomic E-state index is 12.0. The molecular weight excluding hydrogens is 300 g/mol. The Hall–Kier alpha value is -1.09. The number of hydrogen-bond acceptors (Lipinski definition) is 2. The molecule has 0 aromatic carbocycles. The van der Waals surface area contributed by atoms with E-state index in [4.69, 9.17) is 4.74 Å². The standard InChI is InChI=1S/C21H32O3/c1-13(2)15-11-14-7-8-18-20(3,16(14)12-17(15)24-5)9-6-10-21(18,4)19(22)23/h7,11,13,16-18H,6,8-10,12H2,1-5H3,(H,22,23). The van der Waals surface area contributed by atoms with Crippen LogP contribution < -0.4 is 0 Å². The number of carbonyl (C=O) groups is 1. The van der Waals surface area contributed by atoms with Crippen molar-refractivity contribution in [1.82, 2.24) is 0 Å². The van der Waals surface area contributed by atoms with Crippen LogP contribution in [-0.4, -0.2) is 24.3 Å². The normalized spacial score (nSPS) is 42.0. The lowest BCUT2D eigenvalue weighted by atomic mass is 9.46. The monoisotopic (exact) mass is 332 g/mol. The summed E-state index contributed by atoms with van der Waals surface area (Å²) < 4.78 is 5.83. The van der Waals surface area contributed by atoms with Gasteiger partial charge in [0.15, 0.2) is 0 Å². The van der Waals surface area contributed by atoms with E-state index in [1.807, 2.05) is 6.92 Å². The smallest absolute Gasteiger partial charge is 0.309 e. The summed E-state index contributed by atoms with van der Waals surface area (Å²) in [6, 6.07) is 0. The number of carboxylic acids is 1. The minimum atomic E-state index is -0.618. The lowest BCUT2D eigenvalue weighted by Gasteiger charge is -2.57. The summed E-state index contributed by atoms with van der Waals surface area (Å²) in [5.41, 5.74) is 2.28. The average Bonchev–Trinajstić information content (AvgIpc) is 2.53. The molecule has 3 aliphatic carbocycles. The van der Waals surface area contributed by atoms with Crippen LogP contribution in [0.4, 0.5) is 0 Å². The highest BCUT2D eigenvalue weighted by Crippen LogP contribution is 2.62. The third-order valence-electron chi connectivity index (χ3n) is 7.36. The molecule has 3 rings (SSSR count). The number of aliphatic carboxylic acids is 1. The molecule has 0 aliphatic heterocycles. The van der Waals surface area contributed by atoms with Crippen molar-refractivity contribution in [3.63, 3.8) is 0 Å². The number of hydrogen-bond donors (Lipinski definition) is 1. The van der Waals surface area contributed by atoms with Gasteiger partial charge in [0.05, 0.1) is 11.5 Å². The molecule has 0 aromatic rings. The highest BCUT2D eigenvalue weighted by molar-refractivity contribution is 5.75. The van der Waals surface area contributed by atoms with Gasteiger partial charge in [-0.3, -0.25) is 4.79 Å². The van der Waals surface area contributed by atoms with Crippen molar-refractivity contribution < 1.29 is 14.6 Å². The largest absolute Gasteiger partial charge is 0.481 e. The molecule has 1 N–H and O–H groups in total. The molecular formula is C21H32O3. The molecule has 1 fully saturated rings. The molecule has 5 atom stereocenters. The van der Waals surface area contributed by atoms with Crippen molar-refractivity contribution in [3.8, 4) is 0 Å². The Morgan fingerprint density at radius 1 is 1.33 bits per heavy atom.